The maximum absolute atomic E-state index is 12.4. The summed E-state index contributed by atoms with van der Waals surface area (Å²) in [6.45, 7) is 5.33. The second-order valence-electron chi connectivity index (χ2n) is 4.55. The number of carbonyl (C=O) groups is 1. The number of benzene rings is 1. The normalized spacial score (nSPS) is 11.0. The molecular formula is C15H15NO5S. The van der Waals surface area contributed by atoms with E-state index in [4.69, 9.17) is 9.15 Å². The summed E-state index contributed by atoms with van der Waals surface area (Å²) in [6, 6.07) is 9.23. The molecule has 2 rings (SSSR count). The van der Waals surface area contributed by atoms with Crippen molar-refractivity contribution in [3.8, 4) is 0 Å². The molecule has 2 aromatic rings. The summed E-state index contributed by atoms with van der Waals surface area (Å²) < 4.78 is 35.4. The van der Waals surface area contributed by atoms with E-state index in [1.54, 1.807) is 12.1 Å². The Morgan fingerprint density at radius 3 is 2.41 bits per heavy atom. The molecule has 0 N–H and O–H groups in total. The molecular weight excluding hydrogens is 306 g/mol. The van der Waals surface area contributed by atoms with E-state index in [1.807, 2.05) is 6.92 Å². The summed E-state index contributed by atoms with van der Waals surface area (Å²) >= 11 is 0. The lowest BCUT2D eigenvalue weighted by atomic mass is 10.2. The summed E-state index contributed by atoms with van der Waals surface area (Å²) in [5, 5.41) is 0. The maximum Gasteiger partial charge on any atom is 0.380 e. The molecule has 116 valence electrons. The second kappa shape index (κ2) is 6.07. The van der Waals surface area contributed by atoms with Crippen molar-refractivity contribution >= 4 is 16.0 Å². The van der Waals surface area contributed by atoms with Gasteiger partial charge in [-0.3, -0.25) is 0 Å². The van der Waals surface area contributed by atoms with Crippen molar-refractivity contribution in [1.29, 1.82) is 0 Å². The summed E-state index contributed by atoms with van der Waals surface area (Å²) in [5.41, 5.74) is 0.935. The summed E-state index contributed by atoms with van der Waals surface area (Å²) in [7, 11) is -2.59. The Bertz CT molecular complexity index is 776. The molecule has 0 aliphatic carbocycles. The molecule has 0 spiro atoms. The van der Waals surface area contributed by atoms with Crippen LogP contribution in [0.5, 0.6) is 0 Å². The molecule has 7 heteroatoms. The largest absolute Gasteiger partial charge is 0.457 e. The minimum absolute atomic E-state index is 0.0396. The molecule has 22 heavy (non-hydrogen) atoms. The van der Waals surface area contributed by atoms with Crippen LogP contribution in [-0.2, 0) is 14.8 Å². The van der Waals surface area contributed by atoms with Gasteiger partial charge in [-0.1, -0.05) is 17.7 Å². The van der Waals surface area contributed by atoms with Crippen LogP contribution in [0.4, 0.5) is 0 Å². The van der Waals surface area contributed by atoms with Crippen molar-refractivity contribution in [2.75, 3.05) is 7.05 Å². The Labute approximate surface area is 128 Å². The average molecular weight is 321 g/mol. The first-order valence-corrected chi connectivity index (χ1v) is 7.76. The number of hydrogen-bond acceptors (Lipinski definition) is 5. The summed E-state index contributed by atoms with van der Waals surface area (Å²) in [5.74, 6) is -1.18. The molecule has 1 aromatic heterocycles. The highest BCUT2D eigenvalue weighted by Crippen LogP contribution is 2.19. The molecule has 0 unspecified atom stereocenters. The van der Waals surface area contributed by atoms with Gasteiger partial charge in [0.05, 0.1) is 11.2 Å². The molecule has 0 saturated carbocycles. The number of esters is 1. The lowest BCUT2D eigenvalue weighted by Gasteiger charge is -2.20. The molecule has 0 radical (unpaired) electrons. The predicted molar refractivity (Wildman–Crippen MR) is 79.4 cm³/mol. The monoisotopic (exact) mass is 321 g/mol. The first-order chi connectivity index (χ1) is 10.3. The molecule has 0 amide bonds. The Morgan fingerprint density at radius 2 is 1.86 bits per heavy atom. The molecule has 6 nitrogen and oxygen atoms in total. The first kappa shape index (κ1) is 15.8. The molecule has 0 aliphatic rings. The van der Waals surface area contributed by atoms with Crippen LogP contribution in [0.15, 0.2) is 64.4 Å². The zero-order chi connectivity index (χ0) is 16.3. The fourth-order valence-corrected chi connectivity index (χ4v) is 2.72. The van der Waals surface area contributed by atoms with Crippen molar-refractivity contribution in [3.63, 3.8) is 0 Å². The van der Waals surface area contributed by atoms with Crippen LogP contribution in [0.2, 0.25) is 0 Å². The van der Waals surface area contributed by atoms with Gasteiger partial charge in [0.1, 0.15) is 0 Å². The van der Waals surface area contributed by atoms with E-state index in [0.29, 0.717) is 0 Å². The lowest BCUT2D eigenvalue weighted by Crippen LogP contribution is -2.28. The second-order valence-corrected chi connectivity index (χ2v) is 6.52. The Kier molecular flexibility index (Phi) is 4.37. The van der Waals surface area contributed by atoms with Gasteiger partial charge >= 0.3 is 5.97 Å². The minimum atomic E-state index is -3.84. The molecule has 0 fully saturated rings. The van der Waals surface area contributed by atoms with E-state index in [0.717, 1.165) is 9.87 Å². The van der Waals surface area contributed by atoms with E-state index in [1.165, 1.54) is 37.6 Å². The molecule has 0 atom stereocenters. The predicted octanol–water partition coefficient (Wildman–Crippen LogP) is 2.54. The van der Waals surface area contributed by atoms with Crippen molar-refractivity contribution in [2.24, 2.45) is 0 Å². The van der Waals surface area contributed by atoms with Gasteiger partial charge in [0.2, 0.25) is 11.6 Å². The fourth-order valence-electron chi connectivity index (χ4n) is 1.62. The van der Waals surface area contributed by atoms with Crippen molar-refractivity contribution < 1.29 is 22.4 Å². The highest BCUT2D eigenvalue weighted by Gasteiger charge is 2.25. The van der Waals surface area contributed by atoms with Crippen LogP contribution in [0, 0.1) is 6.92 Å². The summed E-state index contributed by atoms with van der Waals surface area (Å²) in [6.07, 6.45) is 1.31. The quantitative estimate of drug-likeness (QED) is 0.625. The first-order valence-electron chi connectivity index (χ1n) is 6.32. The van der Waals surface area contributed by atoms with E-state index in [2.05, 4.69) is 6.58 Å². The number of hydrogen-bond donors (Lipinski definition) is 0. The van der Waals surface area contributed by atoms with Gasteiger partial charge in [0.15, 0.2) is 0 Å². The zero-order valence-corrected chi connectivity index (χ0v) is 13.0. The van der Waals surface area contributed by atoms with E-state index < -0.39 is 16.0 Å². The van der Waals surface area contributed by atoms with Gasteiger partial charge < -0.3 is 9.15 Å². The molecule has 0 saturated heterocycles. The number of ether oxygens (including phenoxy) is 1. The number of aryl methyl sites for hydroxylation is 1. The topological polar surface area (TPSA) is 76.8 Å². The van der Waals surface area contributed by atoms with Gasteiger partial charge in [-0.05, 0) is 37.8 Å². The van der Waals surface area contributed by atoms with Crippen LogP contribution >= 0.6 is 0 Å². The Hall–Kier alpha value is -2.54. The molecule has 0 bridgehead atoms. The van der Waals surface area contributed by atoms with Crippen molar-refractivity contribution in [1.82, 2.24) is 4.31 Å². The van der Waals surface area contributed by atoms with Crippen LogP contribution in [0.1, 0.15) is 16.1 Å². The molecule has 1 aromatic carbocycles. The van der Waals surface area contributed by atoms with Crippen LogP contribution in [-0.4, -0.2) is 25.7 Å². The Balaban J connectivity index is 2.15. The Morgan fingerprint density at radius 1 is 1.23 bits per heavy atom. The number of furan rings is 1. The highest BCUT2D eigenvalue weighted by atomic mass is 32.2. The molecule has 1 heterocycles. The van der Waals surface area contributed by atoms with Crippen molar-refractivity contribution in [3.05, 3.63) is 66.4 Å². The third-order valence-corrected chi connectivity index (χ3v) is 4.76. The van der Waals surface area contributed by atoms with Crippen LogP contribution < -0.4 is 0 Å². The third kappa shape index (κ3) is 3.20. The highest BCUT2D eigenvalue weighted by molar-refractivity contribution is 7.89. The van der Waals surface area contributed by atoms with Crippen LogP contribution in [0.25, 0.3) is 0 Å². The average Bonchev–Trinajstić information content (AvgIpc) is 3.01. The van der Waals surface area contributed by atoms with Crippen molar-refractivity contribution in [2.45, 2.75) is 11.8 Å². The number of rotatable bonds is 5. The molecule has 0 aliphatic heterocycles. The number of carbonyl (C=O) groups excluding carboxylic acids is 1. The standard InChI is InChI=1S/C15H15NO5S/c1-11-6-8-13(9-7-11)22(18,19)16(3)12(2)21-15(17)14-5-4-10-20-14/h4-10H,2H2,1,3H3. The zero-order valence-electron chi connectivity index (χ0n) is 12.1. The van der Waals surface area contributed by atoms with Gasteiger partial charge in [0, 0.05) is 7.05 Å². The smallest absolute Gasteiger partial charge is 0.380 e. The number of nitrogens with zero attached hydrogens (tertiary/aromatic N) is 1. The van der Waals surface area contributed by atoms with Gasteiger partial charge in [-0.2, -0.15) is 0 Å². The maximum atomic E-state index is 12.4. The van der Waals surface area contributed by atoms with Gasteiger partial charge in [-0.25, -0.2) is 17.5 Å². The van der Waals surface area contributed by atoms with Gasteiger partial charge in [0.25, 0.3) is 10.0 Å². The van der Waals surface area contributed by atoms with E-state index in [9.17, 15) is 13.2 Å². The minimum Gasteiger partial charge on any atom is -0.457 e. The van der Waals surface area contributed by atoms with Gasteiger partial charge in [-0.15, -0.1) is 0 Å². The summed E-state index contributed by atoms with van der Waals surface area (Å²) in [4.78, 5) is 11.8. The van der Waals surface area contributed by atoms with Crippen LogP contribution in [0.3, 0.4) is 0 Å². The SMILES string of the molecule is C=C(OC(=O)c1ccco1)N(C)S(=O)(=O)c1ccc(C)cc1. The van der Waals surface area contributed by atoms with E-state index in [-0.39, 0.29) is 16.5 Å². The number of sulfonamides is 1. The van der Waals surface area contributed by atoms with E-state index >= 15 is 0 Å². The lowest BCUT2D eigenvalue weighted by molar-refractivity contribution is 0.0536. The third-order valence-electron chi connectivity index (χ3n) is 2.96. The fraction of sp³-hybridized carbons (Fsp3) is 0.133.